The molecule has 502 valence electrons. The highest BCUT2D eigenvalue weighted by molar-refractivity contribution is 7.46. The fourth-order valence-electron chi connectivity index (χ4n) is 11.7. The molecule has 28 heteroatoms. The third kappa shape index (κ3) is 17.4. The number of rotatable bonds is 28. The molecule has 11 N–H and O–H groups in total. The normalized spacial score (nSPS) is 15.1. The second-order valence-electron chi connectivity index (χ2n) is 23.7. The highest BCUT2D eigenvalue weighted by Crippen LogP contribution is 2.51. The average molecular weight is 1330 g/mol. The molecule has 94 heavy (non-hydrogen) atoms. The average Bonchev–Trinajstić information content (AvgIpc) is 1.56. The lowest BCUT2D eigenvalue weighted by atomic mass is 9.93. The fourth-order valence-corrected chi connectivity index (χ4v) is 13.0. The summed E-state index contributed by atoms with van der Waals surface area (Å²) in [4.78, 5) is 147. The first-order valence-corrected chi connectivity index (χ1v) is 33.6. The van der Waals surface area contributed by atoms with Crippen LogP contribution in [0.3, 0.4) is 0 Å². The molecule has 6 aromatic rings. The number of hydrogen-bond donors (Lipinski definition) is 9. The maximum atomic E-state index is 14.7. The third-order valence-corrected chi connectivity index (χ3v) is 18.1. The summed E-state index contributed by atoms with van der Waals surface area (Å²) >= 11 is 1.04. The smallest absolute Gasteiger partial charge is 0.445 e. The molecule has 2 aliphatic heterocycles. The van der Waals surface area contributed by atoms with E-state index in [1.54, 1.807) is 78.2 Å². The second kappa shape index (κ2) is 31.7. The summed E-state index contributed by atoms with van der Waals surface area (Å²) in [5, 5.41) is 16.0. The van der Waals surface area contributed by atoms with Crippen molar-refractivity contribution in [2.45, 2.75) is 116 Å². The number of carbonyl (C=O) groups excluding carboxylic acids is 9. The van der Waals surface area contributed by atoms with Crippen molar-refractivity contribution in [3.63, 3.8) is 0 Å². The van der Waals surface area contributed by atoms with Gasteiger partial charge in [0.2, 0.25) is 23.6 Å². The van der Waals surface area contributed by atoms with Crippen molar-refractivity contribution < 1.29 is 71.5 Å². The number of urea groups is 1. The van der Waals surface area contributed by atoms with Crippen molar-refractivity contribution in [3.05, 3.63) is 124 Å². The van der Waals surface area contributed by atoms with Gasteiger partial charge in [0.15, 0.2) is 0 Å². The minimum Gasteiger partial charge on any atom is -0.445 e. The first-order chi connectivity index (χ1) is 44.8. The molecular weight excluding hydrogens is 1250 g/mol. The van der Waals surface area contributed by atoms with E-state index in [1.165, 1.54) is 36.9 Å². The van der Waals surface area contributed by atoms with Crippen LogP contribution in [0.1, 0.15) is 127 Å². The predicted molar refractivity (Wildman–Crippen MR) is 357 cm³/mol. The van der Waals surface area contributed by atoms with Crippen LogP contribution in [0, 0.1) is 5.92 Å². The van der Waals surface area contributed by atoms with E-state index in [0.717, 1.165) is 27.8 Å². The van der Waals surface area contributed by atoms with Gasteiger partial charge in [0.1, 0.15) is 36.2 Å². The van der Waals surface area contributed by atoms with E-state index < -0.39 is 73.7 Å². The number of nitrogens with two attached hydrogens (primary N) is 2. The van der Waals surface area contributed by atoms with Crippen LogP contribution in [0.25, 0.3) is 21.5 Å². The minimum absolute atomic E-state index is 0.0370. The number of hydrogen-bond acceptors (Lipinski definition) is 15. The Balaban J connectivity index is 0.872. The molecule has 0 fully saturated rings. The van der Waals surface area contributed by atoms with Crippen LogP contribution in [0.4, 0.5) is 31.4 Å². The lowest BCUT2D eigenvalue weighted by Crippen LogP contribution is -2.57. The number of nitrogens with one attached hydrogen (secondary N) is 5. The summed E-state index contributed by atoms with van der Waals surface area (Å²) in [5.74, 6) is -3.39. The SMILES string of the molecule is CCC1CN(C(=O)c2ccc(C(=O)N3CC(CC)c4c3cc(OP(=O)(O)O)c3ccccc43)s2)c2cc(OC(=O)N(C)CCN(C)C(=O)OCc3ccc(NC(=O)C(CCCNC(N)=O)NC(=O)C(NC(=O)C(CCCCN)NC(C)=O)C(C)C)cc3)c3ccccc3c21. The number of phosphoric ester groups is 1. The first-order valence-electron chi connectivity index (χ1n) is 31.2. The Kier molecular flexibility index (Phi) is 23.8. The van der Waals surface area contributed by atoms with Gasteiger partial charge in [-0.15, -0.1) is 11.3 Å². The molecule has 3 heterocycles. The summed E-state index contributed by atoms with van der Waals surface area (Å²) in [5.41, 5.74) is 14.6. The molecule has 2 aliphatic rings. The maximum absolute atomic E-state index is 14.7. The Morgan fingerprint density at radius 2 is 1.19 bits per heavy atom. The quantitative estimate of drug-likeness (QED) is 0.0165. The van der Waals surface area contributed by atoms with Gasteiger partial charge >= 0.3 is 26.0 Å². The third-order valence-electron chi connectivity index (χ3n) is 16.6. The van der Waals surface area contributed by atoms with Gasteiger partial charge in [0.05, 0.1) is 21.1 Å². The van der Waals surface area contributed by atoms with E-state index in [-0.39, 0.29) is 79.1 Å². The number of unbranched alkanes of at least 4 members (excludes halogenated alkanes) is 1. The van der Waals surface area contributed by atoms with Crippen molar-refractivity contribution in [3.8, 4) is 11.5 Å². The standard InChI is InChI=1S/C66H82N11O15PS/c1-8-41-35-76(62(82)54-27-28-55(94-54)63(83)77-36-42(9-2)57-47-20-13-11-18-45(47)53(34-51(57)77)92-93(87,88)89)50-33-52(44-17-10-12-19-46(44)56(41)50)91-66(86)75(7)32-31-74(6)65(85)90-37-40-23-25-43(26-24-40)71-59(79)49(22-16-30-69-64(68)84)72-61(81)58(38(3)4)73-60(80)48(70-39(5)78)21-14-15-29-67/h10-13,17-20,23-28,33-34,38,41-42,48-49,58H,8-9,14-16,21-22,29-32,35-37,67H2,1-7H3,(H,70,78)(H,71,79)(H,72,81)(H,73,80)(H3,68,69,84)(H2,87,88,89). The molecule has 10 amide bonds. The molecule has 0 saturated carbocycles. The zero-order valence-corrected chi connectivity index (χ0v) is 55.3. The summed E-state index contributed by atoms with van der Waals surface area (Å²) in [6.45, 7) is 9.85. The van der Waals surface area contributed by atoms with Crippen LogP contribution in [0.15, 0.2) is 97.1 Å². The van der Waals surface area contributed by atoms with Crippen molar-refractivity contribution in [2.24, 2.45) is 17.4 Å². The summed E-state index contributed by atoms with van der Waals surface area (Å²) in [7, 11) is -1.94. The molecule has 5 atom stereocenters. The van der Waals surface area contributed by atoms with Gasteiger partial charge in [-0.3, -0.25) is 38.6 Å². The van der Waals surface area contributed by atoms with E-state index in [2.05, 4.69) is 26.6 Å². The summed E-state index contributed by atoms with van der Waals surface area (Å²) < 4.78 is 28.9. The number of likely N-dealkylation sites (N-methyl/N-ethyl adjacent to an activating group) is 2. The van der Waals surface area contributed by atoms with Crippen LogP contribution in [0.5, 0.6) is 11.5 Å². The first kappa shape index (κ1) is 70.7. The van der Waals surface area contributed by atoms with Crippen LogP contribution in [-0.4, -0.2) is 145 Å². The van der Waals surface area contributed by atoms with Crippen molar-refractivity contribution in [1.29, 1.82) is 0 Å². The Morgan fingerprint density at radius 3 is 1.71 bits per heavy atom. The molecule has 0 spiro atoms. The van der Waals surface area contributed by atoms with E-state index in [9.17, 15) is 57.5 Å². The monoisotopic (exact) mass is 1330 g/mol. The number of benzene rings is 5. The number of anilines is 3. The number of nitrogens with zero attached hydrogens (tertiary/aromatic N) is 4. The molecule has 0 radical (unpaired) electrons. The number of phosphoric acid groups is 1. The zero-order valence-electron chi connectivity index (χ0n) is 53.6. The van der Waals surface area contributed by atoms with Crippen LogP contribution >= 0.6 is 19.2 Å². The van der Waals surface area contributed by atoms with E-state index in [0.29, 0.717) is 95.4 Å². The van der Waals surface area contributed by atoms with Gasteiger partial charge in [-0.05, 0) is 109 Å². The van der Waals surface area contributed by atoms with Crippen molar-refractivity contribution in [1.82, 2.24) is 31.1 Å². The minimum atomic E-state index is -4.97. The molecular formula is C66H82N11O15PS. The van der Waals surface area contributed by atoms with Crippen LogP contribution in [-0.2, 0) is 35.1 Å². The molecule has 8 rings (SSSR count). The highest BCUT2D eigenvalue weighted by Gasteiger charge is 2.39. The lowest BCUT2D eigenvalue weighted by molar-refractivity contribution is -0.133. The lowest BCUT2D eigenvalue weighted by Gasteiger charge is -2.27. The molecule has 5 aromatic carbocycles. The fraction of sp³-hybridized carbons (Fsp3) is 0.409. The van der Waals surface area contributed by atoms with Gasteiger partial charge in [-0.25, -0.2) is 18.9 Å². The van der Waals surface area contributed by atoms with Gasteiger partial charge in [0.25, 0.3) is 11.8 Å². The van der Waals surface area contributed by atoms with Gasteiger partial charge in [-0.2, -0.15) is 0 Å². The molecule has 0 saturated heterocycles. The number of ether oxygens (including phenoxy) is 2. The molecule has 5 unspecified atom stereocenters. The maximum Gasteiger partial charge on any atom is 0.524 e. The van der Waals surface area contributed by atoms with E-state index >= 15 is 0 Å². The molecule has 26 nitrogen and oxygen atoms in total. The molecule has 1 aromatic heterocycles. The molecule has 0 bridgehead atoms. The summed E-state index contributed by atoms with van der Waals surface area (Å²) in [6, 6.07) is 23.5. The van der Waals surface area contributed by atoms with Gasteiger partial charge in [-0.1, -0.05) is 88.4 Å². The Morgan fingerprint density at radius 1 is 0.670 bits per heavy atom. The van der Waals surface area contributed by atoms with E-state index in [1.807, 2.05) is 50.2 Å². The van der Waals surface area contributed by atoms with Crippen LogP contribution in [0.2, 0.25) is 0 Å². The number of amides is 10. The number of fused-ring (bicyclic) bond motifs is 6. The Hall–Kier alpha value is -9.14. The number of primary amides is 1. The van der Waals surface area contributed by atoms with Crippen molar-refractivity contribution >= 4 is 111 Å². The summed E-state index contributed by atoms with van der Waals surface area (Å²) in [6.07, 6.45) is 1.77. The Labute approximate surface area is 548 Å². The molecule has 0 aliphatic carbocycles. The topological polar surface area (TPSA) is 364 Å². The van der Waals surface area contributed by atoms with Gasteiger partial charge < -0.3 is 71.6 Å². The highest BCUT2D eigenvalue weighted by atomic mass is 32.1. The number of carbonyl (C=O) groups is 9. The van der Waals surface area contributed by atoms with Crippen molar-refractivity contribution in [2.75, 3.05) is 68.5 Å². The zero-order chi connectivity index (χ0) is 68.1. The second-order valence-corrected chi connectivity index (χ2v) is 26.0. The Bertz CT molecular complexity index is 3860. The predicted octanol–water partition coefficient (Wildman–Crippen LogP) is 8.18. The largest absolute Gasteiger partial charge is 0.524 e. The number of thiophene rings is 1. The van der Waals surface area contributed by atoms with E-state index in [4.69, 9.17) is 25.5 Å². The van der Waals surface area contributed by atoms with Gasteiger partial charge in [0, 0.05) is 94.2 Å². The van der Waals surface area contributed by atoms with Crippen LogP contribution < -0.4 is 57.1 Å².